The lowest BCUT2D eigenvalue weighted by Crippen LogP contribution is -2.34. The third-order valence-electron chi connectivity index (χ3n) is 4.19. The average molecular weight is 340 g/mol. The van der Waals surface area contributed by atoms with Crippen molar-refractivity contribution in [3.05, 3.63) is 23.8 Å². The molecule has 2 atom stereocenters. The number of carbonyl (C=O) groups excluding carboxylic acids is 2. The predicted molar refractivity (Wildman–Crippen MR) is 95.9 cm³/mol. The molecule has 1 saturated carbocycles. The molecule has 23 heavy (non-hydrogen) atoms. The molecule has 2 unspecified atom stereocenters. The van der Waals surface area contributed by atoms with Crippen LogP contribution >= 0.6 is 12.4 Å². The summed E-state index contributed by atoms with van der Waals surface area (Å²) >= 11 is 0. The van der Waals surface area contributed by atoms with Crippen molar-refractivity contribution in [3.8, 4) is 0 Å². The smallest absolute Gasteiger partial charge is 0.227 e. The van der Waals surface area contributed by atoms with Crippen molar-refractivity contribution in [2.24, 2.45) is 11.7 Å². The van der Waals surface area contributed by atoms with Gasteiger partial charge >= 0.3 is 0 Å². The van der Waals surface area contributed by atoms with Crippen LogP contribution in [-0.2, 0) is 9.59 Å². The normalized spacial score (nSPS) is 20.3. The summed E-state index contributed by atoms with van der Waals surface area (Å²) in [6.07, 6.45) is 4.07. The number of nitrogens with two attached hydrogens (primary N) is 1. The highest BCUT2D eigenvalue weighted by molar-refractivity contribution is 5.95. The second-order valence-electron chi connectivity index (χ2n) is 6.04. The second-order valence-corrected chi connectivity index (χ2v) is 6.04. The summed E-state index contributed by atoms with van der Waals surface area (Å²) < 4.78 is 0. The number of carbonyl (C=O) groups is 2. The van der Waals surface area contributed by atoms with E-state index in [1.165, 1.54) is 0 Å². The van der Waals surface area contributed by atoms with Gasteiger partial charge in [0.15, 0.2) is 0 Å². The Hall–Kier alpha value is -1.59. The van der Waals surface area contributed by atoms with E-state index in [0.717, 1.165) is 36.9 Å². The maximum Gasteiger partial charge on any atom is 0.227 e. The van der Waals surface area contributed by atoms with Crippen LogP contribution in [0.1, 0.15) is 44.6 Å². The van der Waals surface area contributed by atoms with Gasteiger partial charge in [-0.15, -0.1) is 12.4 Å². The molecule has 0 heterocycles. The summed E-state index contributed by atoms with van der Waals surface area (Å²) in [5.41, 5.74) is 8.38. The van der Waals surface area contributed by atoms with Crippen molar-refractivity contribution < 1.29 is 9.59 Å². The average Bonchev–Trinajstić information content (AvgIpc) is 2.50. The molecule has 0 aliphatic heterocycles. The van der Waals surface area contributed by atoms with Crippen LogP contribution in [0.4, 0.5) is 11.4 Å². The molecule has 0 spiro atoms. The largest absolute Gasteiger partial charge is 0.328 e. The van der Waals surface area contributed by atoms with Gasteiger partial charge in [0.1, 0.15) is 0 Å². The van der Waals surface area contributed by atoms with Gasteiger partial charge in [-0.25, -0.2) is 0 Å². The molecule has 6 heteroatoms. The molecule has 1 aliphatic carbocycles. The van der Waals surface area contributed by atoms with Crippen LogP contribution in [0.2, 0.25) is 0 Å². The van der Waals surface area contributed by atoms with Crippen LogP contribution in [0.3, 0.4) is 0 Å². The van der Waals surface area contributed by atoms with Crippen LogP contribution in [0.15, 0.2) is 18.2 Å². The van der Waals surface area contributed by atoms with E-state index in [-0.39, 0.29) is 36.2 Å². The van der Waals surface area contributed by atoms with Crippen LogP contribution in [0.5, 0.6) is 0 Å². The summed E-state index contributed by atoms with van der Waals surface area (Å²) in [6.45, 7) is 3.74. The van der Waals surface area contributed by atoms with Gasteiger partial charge in [-0.2, -0.15) is 0 Å². The van der Waals surface area contributed by atoms with Crippen LogP contribution in [0.25, 0.3) is 0 Å². The van der Waals surface area contributed by atoms with Crippen molar-refractivity contribution in [3.63, 3.8) is 0 Å². The standard InChI is InChI=1S/C17H25N3O2.ClH/c1-3-16(21)19-14-8-7-11(2)15(10-14)20-17(22)12-5-4-6-13(18)9-12;/h7-8,10,12-13H,3-6,9,18H2,1-2H3,(H,19,21)(H,20,22);1H. The van der Waals surface area contributed by atoms with Gasteiger partial charge in [0.05, 0.1) is 0 Å². The molecule has 2 rings (SSSR count). The quantitative estimate of drug-likeness (QED) is 0.787. The first kappa shape index (κ1) is 19.5. The highest BCUT2D eigenvalue weighted by atomic mass is 35.5. The predicted octanol–water partition coefficient (Wildman–Crippen LogP) is 3.22. The number of rotatable bonds is 4. The van der Waals surface area contributed by atoms with Gasteiger partial charge in [0.2, 0.25) is 11.8 Å². The number of amides is 2. The van der Waals surface area contributed by atoms with Gasteiger partial charge in [0, 0.05) is 29.8 Å². The molecule has 1 aromatic rings. The minimum absolute atomic E-state index is 0. The Morgan fingerprint density at radius 3 is 2.65 bits per heavy atom. The Labute approximate surface area is 143 Å². The first-order chi connectivity index (χ1) is 10.5. The zero-order valence-electron chi connectivity index (χ0n) is 13.7. The Kier molecular flexibility index (Phi) is 7.52. The van der Waals surface area contributed by atoms with E-state index in [1.807, 2.05) is 25.1 Å². The SMILES string of the molecule is CCC(=O)Nc1ccc(C)c(NC(=O)C2CCCC(N)C2)c1.Cl. The fraction of sp³-hybridized carbons (Fsp3) is 0.529. The number of hydrogen-bond acceptors (Lipinski definition) is 3. The van der Waals surface area contributed by atoms with Crippen LogP contribution < -0.4 is 16.4 Å². The lowest BCUT2D eigenvalue weighted by Gasteiger charge is -2.26. The fourth-order valence-electron chi connectivity index (χ4n) is 2.78. The van der Waals surface area contributed by atoms with Gasteiger partial charge < -0.3 is 16.4 Å². The van der Waals surface area contributed by atoms with E-state index < -0.39 is 0 Å². The lowest BCUT2D eigenvalue weighted by atomic mass is 9.85. The number of halogens is 1. The summed E-state index contributed by atoms with van der Waals surface area (Å²) in [4.78, 5) is 23.9. The number of hydrogen-bond donors (Lipinski definition) is 3. The van der Waals surface area contributed by atoms with Crippen molar-refractivity contribution >= 4 is 35.6 Å². The maximum atomic E-state index is 12.4. The Morgan fingerprint density at radius 2 is 2.00 bits per heavy atom. The molecular formula is C17H26ClN3O2. The van der Waals surface area contributed by atoms with E-state index in [9.17, 15) is 9.59 Å². The van der Waals surface area contributed by atoms with Crippen molar-refractivity contribution in [1.82, 2.24) is 0 Å². The Balaban J connectivity index is 0.00000264. The molecule has 0 aromatic heterocycles. The third kappa shape index (κ3) is 5.52. The number of aryl methyl sites for hydroxylation is 1. The molecule has 0 bridgehead atoms. The lowest BCUT2D eigenvalue weighted by molar-refractivity contribution is -0.121. The highest BCUT2D eigenvalue weighted by Crippen LogP contribution is 2.26. The molecule has 4 N–H and O–H groups in total. The van der Waals surface area contributed by atoms with Gasteiger partial charge in [-0.3, -0.25) is 9.59 Å². The van der Waals surface area contributed by atoms with Gasteiger partial charge in [-0.1, -0.05) is 19.4 Å². The zero-order chi connectivity index (χ0) is 16.1. The van der Waals surface area contributed by atoms with Gasteiger partial charge in [-0.05, 0) is 43.9 Å². The summed E-state index contributed by atoms with van der Waals surface area (Å²) in [7, 11) is 0. The second kappa shape index (κ2) is 8.89. The van der Waals surface area contributed by atoms with Crippen LogP contribution in [-0.4, -0.2) is 17.9 Å². The number of nitrogens with one attached hydrogen (secondary N) is 2. The first-order valence-electron chi connectivity index (χ1n) is 7.96. The molecule has 128 valence electrons. The fourth-order valence-corrected chi connectivity index (χ4v) is 2.78. The summed E-state index contributed by atoms with van der Waals surface area (Å²) in [5.74, 6) is -0.0337. The molecule has 1 aromatic carbocycles. The van der Waals surface area contributed by atoms with E-state index in [1.54, 1.807) is 6.92 Å². The number of benzene rings is 1. The molecule has 0 radical (unpaired) electrons. The monoisotopic (exact) mass is 339 g/mol. The number of anilines is 2. The molecule has 0 saturated heterocycles. The van der Waals surface area contributed by atoms with Gasteiger partial charge in [0.25, 0.3) is 0 Å². The van der Waals surface area contributed by atoms with Crippen molar-refractivity contribution in [2.45, 2.75) is 52.0 Å². The van der Waals surface area contributed by atoms with Crippen molar-refractivity contribution in [1.29, 1.82) is 0 Å². The zero-order valence-corrected chi connectivity index (χ0v) is 14.5. The summed E-state index contributed by atoms with van der Waals surface area (Å²) in [5, 5.41) is 5.80. The van der Waals surface area contributed by atoms with Crippen LogP contribution in [0, 0.1) is 12.8 Å². The molecule has 2 amide bonds. The van der Waals surface area contributed by atoms with E-state index in [2.05, 4.69) is 10.6 Å². The minimum Gasteiger partial charge on any atom is -0.328 e. The Bertz CT molecular complexity index is 563. The van der Waals surface area contributed by atoms with E-state index in [4.69, 9.17) is 5.73 Å². The summed E-state index contributed by atoms with van der Waals surface area (Å²) in [6, 6.07) is 5.67. The minimum atomic E-state index is -0.0422. The van der Waals surface area contributed by atoms with E-state index in [0.29, 0.717) is 12.1 Å². The molecule has 1 aliphatic rings. The topological polar surface area (TPSA) is 84.2 Å². The molecular weight excluding hydrogens is 314 g/mol. The Morgan fingerprint density at radius 1 is 1.26 bits per heavy atom. The maximum absolute atomic E-state index is 12.4. The molecule has 1 fully saturated rings. The third-order valence-corrected chi connectivity index (χ3v) is 4.19. The van der Waals surface area contributed by atoms with E-state index >= 15 is 0 Å². The van der Waals surface area contributed by atoms with Crippen molar-refractivity contribution in [2.75, 3.05) is 10.6 Å². The first-order valence-corrected chi connectivity index (χ1v) is 7.96. The molecule has 5 nitrogen and oxygen atoms in total. The highest BCUT2D eigenvalue weighted by Gasteiger charge is 2.25.